The Bertz CT molecular complexity index is 617. The Morgan fingerprint density at radius 2 is 2.17 bits per heavy atom. The zero-order valence-electron chi connectivity index (χ0n) is 13.5. The van der Waals surface area contributed by atoms with Gasteiger partial charge in [-0.15, -0.1) is 6.58 Å². The van der Waals surface area contributed by atoms with Gasteiger partial charge in [0, 0.05) is 12.3 Å². The Hall–Kier alpha value is -1.03. The molecule has 2 aliphatic heterocycles. The van der Waals surface area contributed by atoms with Crippen molar-refractivity contribution in [3.05, 3.63) is 46.5 Å². The molecule has 0 aliphatic carbocycles. The molecule has 3 nitrogen and oxygen atoms in total. The second-order valence-electron chi connectivity index (χ2n) is 6.56. The molecule has 130 valence electrons. The molecular formula is C19H22Cl2O3. The minimum absolute atomic E-state index is 0.149. The third-order valence-electron chi connectivity index (χ3n) is 5.01. The van der Waals surface area contributed by atoms with Crippen molar-refractivity contribution < 1.29 is 14.3 Å². The Labute approximate surface area is 152 Å². The SMILES string of the molecule is C=CCCC(=O)OCC1C2CCC(CC1c1ccc(Cl)c(Cl)c1)O2. The predicted octanol–water partition coefficient (Wildman–Crippen LogP) is 5.15. The van der Waals surface area contributed by atoms with Crippen LogP contribution in [0, 0.1) is 5.92 Å². The fourth-order valence-electron chi connectivity index (χ4n) is 3.77. The van der Waals surface area contributed by atoms with Crippen molar-refractivity contribution >= 4 is 29.2 Å². The predicted molar refractivity (Wildman–Crippen MR) is 95.6 cm³/mol. The lowest BCUT2D eigenvalue weighted by molar-refractivity contribution is -0.149. The van der Waals surface area contributed by atoms with Crippen molar-refractivity contribution in [3.63, 3.8) is 0 Å². The number of halogens is 2. The average Bonchev–Trinajstić information content (AvgIpc) is 2.96. The standard InChI is InChI=1S/C19H22Cl2O3/c1-2-3-4-19(22)23-11-15-14(10-13-6-8-18(15)24-13)12-5-7-16(20)17(21)9-12/h2,5,7,9,13-15,18H,1,3-4,6,8,10-11H2. The summed E-state index contributed by atoms with van der Waals surface area (Å²) in [4.78, 5) is 11.8. The fourth-order valence-corrected chi connectivity index (χ4v) is 4.08. The van der Waals surface area contributed by atoms with Gasteiger partial charge < -0.3 is 9.47 Å². The van der Waals surface area contributed by atoms with Gasteiger partial charge in [0.15, 0.2) is 0 Å². The van der Waals surface area contributed by atoms with Crippen LogP contribution >= 0.6 is 23.2 Å². The van der Waals surface area contributed by atoms with Gasteiger partial charge in [-0.2, -0.15) is 0 Å². The molecule has 2 aliphatic rings. The maximum absolute atomic E-state index is 11.8. The van der Waals surface area contributed by atoms with E-state index in [1.165, 1.54) is 0 Å². The summed E-state index contributed by atoms with van der Waals surface area (Å²) >= 11 is 12.2. The number of hydrogen-bond acceptors (Lipinski definition) is 3. The number of rotatable bonds is 6. The Balaban J connectivity index is 1.73. The van der Waals surface area contributed by atoms with E-state index < -0.39 is 0 Å². The zero-order valence-corrected chi connectivity index (χ0v) is 15.1. The molecule has 2 heterocycles. The van der Waals surface area contributed by atoms with Gasteiger partial charge in [0.2, 0.25) is 0 Å². The van der Waals surface area contributed by atoms with E-state index >= 15 is 0 Å². The first kappa shape index (κ1) is 17.8. The van der Waals surface area contributed by atoms with E-state index in [9.17, 15) is 4.79 Å². The summed E-state index contributed by atoms with van der Waals surface area (Å²) in [7, 11) is 0. The average molecular weight is 369 g/mol. The quantitative estimate of drug-likeness (QED) is 0.514. The van der Waals surface area contributed by atoms with Crippen molar-refractivity contribution in [1.82, 2.24) is 0 Å². The lowest BCUT2D eigenvalue weighted by atomic mass is 9.79. The molecule has 5 heteroatoms. The van der Waals surface area contributed by atoms with E-state index in [-0.39, 0.29) is 23.9 Å². The highest BCUT2D eigenvalue weighted by Crippen LogP contribution is 2.46. The molecule has 2 bridgehead atoms. The van der Waals surface area contributed by atoms with Crippen LogP contribution in [-0.2, 0) is 14.3 Å². The number of fused-ring (bicyclic) bond motifs is 2. The molecule has 24 heavy (non-hydrogen) atoms. The first-order valence-electron chi connectivity index (χ1n) is 8.45. The second kappa shape index (κ2) is 7.90. The lowest BCUT2D eigenvalue weighted by Gasteiger charge is -2.37. The van der Waals surface area contributed by atoms with E-state index in [2.05, 4.69) is 6.58 Å². The van der Waals surface area contributed by atoms with Gasteiger partial charge >= 0.3 is 5.97 Å². The number of esters is 1. The van der Waals surface area contributed by atoms with Gasteiger partial charge in [-0.3, -0.25) is 4.79 Å². The molecule has 4 atom stereocenters. The topological polar surface area (TPSA) is 35.5 Å². The van der Waals surface area contributed by atoms with Crippen LogP contribution in [0.4, 0.5) is 0 Å². The molecule has 0 amide bonds. The molecule has 4 unspecified atom stereocenters. The molecule has 0 saturated carbocycles. The number of ether oxygens (including phenoxy) is 2. The number of carbonyl (C=O) groups is 1. The summed E-state index contributed by atoms with van der Waals surface area (Å²) in [5, 5.41) is 1.12. The highest BCUT2D eigenvalue weighted by Gasteiger charge is 2.44. The van der Waals surface area contributed by atoms with E-state index in [0.717, 1.165) is 24.8 Å². The maximum Gasteiger partial charge on any atom is 0.306 e. The summed E-state index contributed by atoms with van der Waals surface area (Å²) in [5.74, 6) is 0.259. The highest BCUT2D eigenvalue weighted by atomic mass is 35.5. The fraction of sp³-hybridized carbons (Fsp3) is 0.526. The van der Waals surface area contributed by atoms with E-state index in [4.69, 9.17) is 32.7 Å². The number of hydrogen-bond donors (Lipinski definition) is 0. The van der Waals surface area contributed by atoms with Gasteiger partial charge in [0.05, 0.1) is 28.9 Å². The minimum atomic E-state index is -0.178. The van der Waals surface area contributed by atoms with E-state index in [1.54, 1.807) is 6.08 Å². The summed E-state index contributed by atoms with van der Waals surface area (Å²) in [6.07, 6.45) is 6.22. The van der Waals surface area contributed by atoms with Gasteiger partial charge in [-0.25, -0.2) is 0 Å². The summed E-state index contributed by atoms with van der Waals surface area (Å²) < 4.78 is 11.6. The Morgan fingerprint density at radius 3 is 2.92 bits per heavy atom. The third-order valence-corrected chi connectivity index (χ3v) is 5.75. The highest BCUT2D eigenvalue weighted by molar-refractivity contribution is 6.42. The van der Waals surface area contributed by atoms with Crippen LogP contribution in [0.2, 0.25) is 10.0 Å². The number of carbonyl (C=O) groups excluding carboxylic acids is 1. The van der Waals surface area contributed by atoms with Gasteiger partial charge in [-0.05, 0) is 49.3 Å². The molecule has 3 rings (SSSR count). The van der Waals surface area contributed by atoms with Gasteiger partial charge in [0.1, 0.15) is 0 Å². The van der Waals surface area contributed by atoms with Crippen molar-refractivity contribution in [2.45, 2.75) is 50.2 Å². The van der Waals surface area contributed by atoms with Crippen LogP contribution in [0.15, 0.2) is 30.9 Å². The summed E-state index contributed by atoms with van der Waals surface area (Å²) in [6, 6.07) is 5.80. The largest absolute Gasteiger partial charge is 0.465 e. The first-order chi connectivity index (χ1) is 11.6. The number of benzene rings is 1. The van der Waals surface area contributed by atoms with Crippen LogP contribution in [0.3, 0.4) is 0 Å². The smallest absolute Gasteiger partial charge is 0.306 e. The normalized spacial score (nSPS) is 28.6. The molecule has 0 spiro atoms. The molecule has 0 aromatic heterocycles. The van der Waals surface area contributed by atoms with Crippen LogP contribution < -0.4 is 0 Å². The van der Waals surface area contributed by atoms with E-state index in [1.807, 2.05) is 18.2 Å². The minimum Gasteiger partial charge on any atom is -0.465 e. The molecular weight excluding hydrogens is 347 g/mol. The molecule has 0 N–H and O–H groups in total. The molecule has 1 aromatic carbocycles. The van der Waals surface area contributed by atoms with Crippen LogP contribution in [0.5, 0.6) is 0 Å². The summed E-state index contributed by atoms with van der Waals surface area (Å²) in [6.45, 7) is 4.02. The van der Waals surface area contributed by atoms with Crippen LogP contribution in [0.25, 0.3) is 0 Å². The zero-order chi connectivity index (χ0) is 17.1. The summed E-state index contributed by atoms with van der Waals surface area (Å²) in [5.41, 5.74) is 1.15. The molecule has 2 saturated heterocycles. The van der Waals surface area contributed by atoms with Crippen molar-refractivity contribution in [2.24, 2.45) is 5.92 Å². The number of allylic oxidation sites excluding steroid dienone is 1. The van der Waals surface area contributed by atoms with Gasteiger partial charge in [0.25, 0.3) is 0 Å². The maximum atomic E-state index is 11.8. The second-order valence-corrected chi connectivity index (χ2v) is 7.38. The monoisotopic (exact) mass is 368 g/mol. The van der Waals surface area contributed by atoms with Crippen molar-refractivity contribution in [3.8, 4) is 0 Å². The van der Waals surface area contributed by atoms with Crippen LogP contribution in [0.1, 0.15) is 43.6 Å². The lowest BCUT2D eigenvalue weighted by Crippen LogP contribution is -2.37. The van der Waals surface area contributed by atoms with E-state index in [0.29, 0.717) is 35.6 Å². The molecule has 0 radical (unpaired) electrons. The Morgan fingerprint density at radius 1 is 1.33 bits per heavy atom. The van der Waals surface area contributed by atoms with Crippen LogP contribution in [-0.4, -0.2) is 24.8 Å². The van der Waals surface area contributed by atoms with Crippen molar-refractivity contribution in [1.29, 1.82) is 0 Å². The van der Waals surface area contributed by atoms with Gasteiger partial charge in [-0.1, -0.05) is 35.3 Å². The first-order valence-corrected chi connectivity index (χ1v) is 9.21. The third kappa shape index (κ3) is 3.96. The Kier molecular flexibility index (Phi) is 5.85. The molecule has 1 aromatic rings. The van der Waals surface area contributed by atoms with Crippen molar-refractivity contribution in [2.75, 3.05) is 6.61 Å². The molecule has 2 fully saturated rings.